The zero-order chi connectivity index (χ0) is 10.1. The molecule has 0 bridgehead atoms. The van der Waals surface area contributed by atoms with Crippen molar-refractivity contribution in [1.82, 2.24) is 4.90 Å². The van der Waals surface area contributed by atoms with Gasteiger partial charge in [-0.15, -0.1) is 0 Å². The molecule has 2 rings (SSSR count). The smallest absolute Gasteiger partial charge is 0.276 e. The van der Waals surface area contributed by atoms with Crippen LogP contribution < -0.4 is 0 Å². The fourth-order valence-corrected chi connectivity index (χ4v) is 1.61. The Morgan fingerprint density at radius 2 is 2.29 bits per heavy atom. The average Bonchev–Trinajstić information content (AvgIpc) is 2.16. The number of rotatable bonds is 1. The zero-order valence-electron chi connectivity index (χ0n) is 7.80. The van der Waals surface area contributed by atoms with Crippen LogP contribution in [0, 0.1) is 10.1 Å². The Labute approximate surface area is 81.6 Å². The van der Waals surface area contributed by atoms with Gasteiger partial charge in [0.15, 0.2) is 0 Å². The minimum absolute atomic E-state index is 0.187. The summed E-state index contributed by atoms with van der Waals surface area (Å²) >= 11 is 0. The first-order valence-corrected chi connectivity index (χ1v) is 4.33. The summed E-state index contributed by atoms with van der Waals surface area (Å²) in [7, 11) is 1.94. The highest BCUT2D eigenvalue weighted by Crippen LogP contribution is 2.27. The van der Waals surface area contributed by atoms with Crippen molar-refractivity contribution >= 4 is 11.8 Å². The van der Waals surface area contributed by atoms with Gasteiger partial charge in [-0.05, 0) is 17.8 Å². The van der Waals surface area contributed by atoms with Crippen molar-refractivity contribution in [3.8, 4) is 0 Å². The second kappa shape index (κ2) is 3.14. The molecule has 1 heterocycles. The molecule has 0 N–H and O–H groups in total. The number of hydrogen-bond donors (Lipinski definition) is 0. The molecule has 0 aromatic heterocycles. The van der Waals surface area contributed by atoms with E-state index in [2.05, 4.69) is 0 Å². The fraction of sp³-hybridized carbons (Fsp3) is 0.200. The van der Waals surface area contributed by atoms with Crippen molar-refractivity contribution in [1.29, 1.82) is 0 Å². The normalized spacial score (nSPS) is 13.9. The quantitative estimate of drug-likeness (QED) is 0.502. The average molecular weight is 190 g/mol. The molecule has 0 saturated heterocycles. The van der Waals surface area contributed by atoms with E-state index in [0.29, 0.717) is 0 Å². The Kier molecular flexibility index (Phi) is 1.96. The van der Waals surface area contributed by atoms with Gasteiger partial charge in [-0.25, -0.2) is 0 Å². The molecule has 1 aliphatic rings. The fourth-order valence-electron chi connectivity index (χ4n) is 1.61. The largest absolute Gasteiger partial charge is 0.376 e. The summed E-state index contributed by atoms with van der Waals surface area (Å²) in [6, 6.07) is 5.18. The summed E-state index contributed by atoms with van der Waals surface area (Å²) in [6.07, 6.45) is 3.65. The van der Waals surface area contributed by atoms with Crippen LogP contribution in [0.25, 0.3) is 6.08 Å². The Bertz CT molecular complexity index is 413. The molecule has 0 spiro atoms. The van der Waals surface area contributed by atoms with Gasteiger partial charge in [0.25, 0.3) is 5.69 Å². The Morgan fingerprint density at radius 3 is 3.00 bits per heavy atom. The number of fused-ring (bicyclic) bond motifs is 1. The standard InChI is InChI=1S/C10H10N2O2/c1-11-6-5-9-8(7-11)3-2-4-10(9)12(13)14/h2-6H,7H2,1H3. The molecule has 0 amide bonds. The second-order valence-electron chi connectivity index (χ2n) is 3.34. The molecular weight excluding hydrogens is 180 g/mol. The monoisotopic (exact) mass is 190 g/mol. The van der Waals surface area contributed by atoms with Gasteiger partial charge in [0.1, 0.15) is 0 Å². The third-order valence-corrected chi connectivity index (χ3v) is 2.29. The van der Waals surface area contributed by atoms with Gasteiger partial charge in [0, 0.05) is 19.7 Å². The van der Waals surface area contributed by atoms with Crippen LogP contribution in [0.4, 0.5) is 5.69 Å². The number of hydrogen-bond acceptors (Lipinski definition) is 3. The summed E-state index contributed by atoms with van der Waals surface area (Å²) in [5.41, 5.74) is 1.92. The van der Waals surface area contributed by atoms with E-state index >= 15 is 0 Å². The van der Waals surface area contributed by atoms with Gasteiger partial charge in [0.05, 0.1) is 10.5 Å². The molecule has 0 unspecified atom stereocenters. The molecular formula is C10H10N2O2. The Hall–Kier alpha value is -1.84. The maximum atomic E-state index is 10.7. The summed E-state index contributed by atoms with van der Waals surface area (Å²) in [4.78, 5) is 12.4. The van der Waals surface area contributed by atoms with Crippen molar-refractivity contribution in [2.45, 2.75) is 6.54 Å². The molecule has 1 aromatic carbocycles. The lowest BCUT2D eigenvalue weighted by Gasteiger charge is -2.20. The first kappa shape index (κ1) is 8.74. The lowest BCUT2D eigenvalue weighted by atomic mass is 10.0. The lowest BCUT2D eigenvalue weighted by molar-refractivity contribution is -0.385. The van der Waals surface area contributed by atoms with Gasteiger partial charge in [0.2, 0.25) is 0 Å². The first-order valence-electron chi connectivity index (χ1n) is 4.33. The van der Waals surface area contributed by atoms with Crippen LogP contribution in [0.1, 0.15) is 11.1 Å². The van der Waals surface area contributed by atoms with E-state index in [0.717, 1.165) is 17.7 Å². The molecule has 1 aromatic rings. The van der Waals surface area contributed by atoms with Gasteiger partial charge >= 0.3 is 0 Å². The van der Waals surface area contributed by atoms with Gasteiger partial charge in [-0.1, -0.05) is 12.1 Å². The molecule has 0 atom stereocenters. The van der Waals surface area contributed by atoms with Crippen LogP contribution in [-0.2, 0) is 6.54 Å². The van der Waals surface area contributed by atoms with Gasteiger partial charge < -0.3 is 4.90 Å². The van der Waals surface area contributed by atoms with E-state index in [9.17, 15) is 10.1 Å². The van der Waals surface area contributed by atoms with Crippen LogP contribution in [-0.4, -0.2) is 16.9 Å². The number of nitro benzene ring substituents is 1. The topological polar surface area (TPSA) is 46.4 Å². The van der Waals surface area contributed by atoms with Crippen molar-refractivity contribution in [3.05, 3.63) is 45.6 Å². The van der Waals surface area contributed by atoms with Crippen LogP contribution in [0.2, 0.25) is 0 Å². The molecule has 0 fully saturated rings. The number of nitrogens with zero attached hydrogens (tertiary/aromatic N) is 2. The Morgan fingerprint density at radius 1 is 1.50 bits per heavy atom. The third kappa shape index (κ3) is 1.35. The highest BCUT2D eigenvalue weighted by Gasteiger charge is 2.17. The number of nitro groups is 1. The maximum Gasteiger partial charge on any atom is 0.276 e. The predicted octanol–water partition coefficient (Wildman–Crippen LogP) is 2.01. The minimum Gasteiger partial charge on any atom is -0.376 e. The molecule has 4 nitrogen and oxygen atoms in total. The lowest BCUT2D eigenvalue weighted by Crippen LogP contribution is -2.14. The summed E-state index contributed by atoms with van der Waals surface area (Å²) in [5.74, 6) is 0. The highest BCUT2D eigenvalue weighted by atomic mass is 16.6. The van der Waals surface area contributed by atoms with Crippen molar-refractivity contribution in [2.24, 2.45) is 0 Å². The van der Waals surface area contributed by atoms with Crippen LogP contribution in [0.3, 0.4) is 0 Å². The zero-order valence-corrected chi connectivity index (χ0v) is 7.80. The van der Waals surface area contributed by atoms with Gasteiger partial charge in [-0.2, -0.15) is 0 Å². The van der Waals surface area contributed by atoms with E-state index < -0.39 is 0 Å². The first-order chi connectivity index (χ1) is 6.68. The minimum atomic E-state index is -0.339. The van der Waals surface area contributed by atoms with Crippen molar-refractivity contribution in [2.75, 3.05) is 7.05 Å². The molecule has 0 radical (unpaired) electrons. The molecule has 1 aliphatic heterocycles. The molecule has 0 saturated carbocycles. The SMILES string of the molecule is CN1C=Cc2c(cccc2[N+](=O)[O-])C1. The van der Waals surface area contributed by atoms with Gasteiger partial charge in [-0.3, -0.25) is 10.1 Å². The summed E-state index contributed by atoms with van der Waals surface area (Å²) in [5, 5.41) is 10.7. The van der Waals surface area contributed by atoms with Crippen molar-refractivity contribution in [3.63, 3.8) is 0 Å². The molecule has 14 heavy (non-hydrogen) atoms. The van der Waals surface area contributed by atoms with E-state index in [1.54, 1.807) is 12.1 Å². The highest BCUT2D eigenvalue weighted by molar-refractivity contribution is 5.65. The Balaban J connectivity index is 2.55. The van der Waals surface area contributed by atoms with E-state index in [1.165, 1.54) is 6.07 Å². The van der Waals surface area contributed by atoms with E-state index in [4.69, 9.17) is 0 Å². The predicted molar refractivity (Wildman–Crippen MR) is 53.6 cm³/mol. The van der Waals surface area contributed by atoms with Crippen LogP contribution >= 0.6 is 0 Å². The van der Waals surface area contributed by atoms with E-state index in [-0.39, 0.29) is 10.6 Å². The van der Waals surface area contributed by atoms with E-state index in [1.807, 2.05) is 24.2 Å². The molecule has 4 heteroatoms. The molecule has 72 valence electrons. The maximum absolute atomic E-state index is 10.7. The number of benzene rings is 1. The second-order valence-corrected chi connectivity index (χ2v) is 3.34. The molecule has 0 aliphatic carbocycles. The van der Waals surface area contributed by atoms with Crippen LogP contribution in [0.15, 0.2) is 24.4 Å². The third-order valence-electron chi connectivity index (χ3n) is 2.29. The summed E-state index contributed by atoms with van der Waals surface area (Å²) < 4.78 is 0. The van der Waals surface area contributed by atoms with Crippen LogP contribution in [0.5, 0.6) is 0 Å². The summed E-state index contributed by atoms with van der Waals surface area (Å²) in [6.45, 7) is 0.730. The van der Waals surface area contributed by atoms with Crippen molar-refractivity contribution < 1.29 is 4.92 Å².